The Balaban J connectivity index is 0.00000156. The Labute approximate surface area is 139 Å². The van der Waals surface area contributed by atoms with Crippen molar-refractivity contribution in [3.8, 4) is 5.69 Å². The number of fused-ring (bicyclic) bond motifs is 3. The van der Waals surface area contributed by atoms with Gasteiger partial charge in [0.15, 0.2) is 0 Å². The van der Waals surface area contributed by atoms with E-state index < -0.39 is 0 Å². The fourth-order valence-corrected chi connectivity index (χ4v) is 3.35. The molecule has 0 saturated carbocycles. The van der Waals surface area contributed by atoms with Crippen LogP contribution in [0.1, 0.15) is 11.3 Å². The molecule has 2 heterocycles. The highest BCUT2D eigenvalue weighted by atomic mass is 35.5. The molecule has 1 aliphatic heterocycles. The standard InChI is InChI=1S/C18H16F2N2.ClH/c1-21-9-8-18-16(11-21)15-10-13(20)4-7-17(15)22(18)14-5-2-12(19)3-6-14;/h2-7,10H,8-9,11H2,1H3;1H. The summed E-state index contributed by atoms with van der Waals surface area (Å²) < 4.78 is 29.1. The highest BCUT2D eigenvalue weighted by Gasteiger charge is 2.23. The number of rotatable bonds is 1. The zero-order valence-electron chi connectivity index (χ0n) is 12.7. The molecule has 5 heteroatoms. The van der Waals surface area contributed by atoms with Crippen LogP contribution in [0, 0.1) is 11.6 Å². The Hall–Kier alpha value is -1.91. The molecule has 1 aliphatic rings. The van der Waals surface area contributed by atoms with Gasteiger partial charge in [0.25, 0.3) is 0 Å². The quantitative estimate of drug-likeness (QED) is 0.643. The molecule has 1 aromatic heterocycles. The van der Waals surface area contributed by atoms with Gasteiger partial charge in [0, 0.05) is 36.3 Å². The summed E-state index contributed by atoms with van der Waals surface area (Å²) in [4.78, 5) is 2.24. The molecule has 120 valence electrons. The van der Waals surface area contributed by atoms with E-state index in [-0.39, 0.29) is 24.0 Å². The minimum absolute atomic E-state index is 0. The summed E-state index contributed by atoms with van der Waals surface area (Å²) in [5, 5.41) is 0.950. The van der Waals surface area contributed by atoms with Crippen molar-refractivity contribution in [2.75, 3.05) is 13.6 Å². The van der Waals surface area contributed by atoms with Gasteiger partial charge in [0.2, 0.25) is 0 Å². The smallest absolute Gasteiger partial charge is 0.123 e. The van der Waals surface area contributed by atoms with Gasteiger partial charge >= 0.3 is 0 Å². The molecule has 0 amide bonds. The molecule has 0 atom stereocenters. The Morgan fingerprint density at radius 2 is 1.65 bits per heavy atom. The molecule has 4 rings (SSSR count). The van der Waals surface area contributed by atoms with Gasteiger partial charge in [-0.25, -0.2) is 8.78 Å². The normalized spacial score (nSPS) is 14.6. The average Bonchev–Trinajstić information content (AvgIpc) is 2.81. The lowest BCUT2D eigenvalue weighted by Gasteiger charge is -2.24. The second-order valence-electron chi connectivity index (χ2n) is 5.89. The van der Waals surface area contributed by atoms with Crippen LogP contribution in [0.2, 0.25) is 0 Å². The van der Waals surface area contributed by atoms with E-state index in [0.29, 0.717) is 0 Å². The maximum atomic E-state index is 13.7. The first-order valence-electron chi connectivity index (χ1n) is 7.39. The number of hydrogen-bond acceptors (Lipinski definition) is 1. The Morgan fingerprint density at radius 3 is 2.39 bits per heavy atom. The van der Waals surface area contributed by atoms with Crippen molar-refractivity contribution in [1.82, 2.24) is 9.47 Å². The number of halogens is 3. The molecule has 2 aromatic carbocycles. The molecule has 0 bridgehead atoms. The van der Waals surface area contributed by atoms with E-state index in [4.69, 9.17) is 0 Å². The average molecular weight is 335 g/mol. The third-order valence-electron chi connectivity index (χ3n) is 4.39. The lowest BCUT2D eigenvalue weighted by atomic mass is 10.0. The molecule has 0 radical (unpaired) electrons. The van der Waals surface area contributed by atoms with E-state index in [1.165, 1.54) is 29.5 Å². The number of benzene rings is 2. The fourth-order valence-electron chi connectivity index (χ4n) is 3.35. The van der Waals surface area contributed by atoms with E-state index >= 15 is 0 Å². The van der Waals surface area contributed by atoms with E-state index in [9.17, 15) is 8.78 Å². The van der Waals surface area contributed by atoms with E-state index in [1.54, 1.807) is 18.2 Å². The molecule has 0 unspecified atom stereocenters. The van der Waals surface area contributed by atoms with Crippen LogP contribution >= 0.6 is 12.4 Å². The minimum Gasteiger partial charge on any atom is -0.313 e. The SMILES string of the molecule is CN1CCc2c(c3cc(F)ccc3n2-c2ccc(F)cc2)C1.Cl. The summed E-state index contributed by atoms with van der Waals surface area (Å²) in [6.45, 7) is 1.77. The topological polar surface area (TPSA) is 8.17 Å². The molecule has 0 spiro atoms. The monoisotopic (exact) mass is 334 g/mol. The first-order valence-corrected chi connectivity index (χ1v) is 7.39. The summed E-state index contributed by atoms with van der Waals surface area (Å²) in [6, 6.07) is 11.4. The van der Waals surface area contributed by atoms with Crippen LogP contribution in [-0.4, -0.2) is 23.1 Å². The van der Waals surface area contributed by atoms with E-state index in [2.05, 4.69) is 16.5 Å². The second kappa shape index (κ2) is 5.95. The van der Waals surface area contributed by atoms with Crippen molar-refractivity contribution < 1.29 is 8.78 Å². The highest BCUT2D eigenvalue weighted by molar-refractivity contribution is 5.87. The number of nitrogens with zero attached hydrogens (tertiary/aromatic N) is 2. The number of hydrogen-bond donors (Lipinski definition) is 0. The first kappa shape index (κ1) is 16.0. The second-order valence-corrected chi connectivity index (χ2v) is 5.89. The molecule has 0 fully saturated rings. The van der Waals surface area contributed by atoms with Crippen LogP contribution < -0.4 is 0 Å². The Kier molecular flexibility index (Phi) is 4.13. The maximum absolute atomic E-state index is 13.7. The molecule has 23 heavy (non-hydrogen) atoms. The van der Waals surface area contributed by atoms with Gasteiger partial charge in [-0.2, -0.15) is 0 Å². The molecular formula is C18H17ClF2N2. The summed E-state index contributed by atoms with van der Waals surface area (Å²) in [7, 11) is 2.07. The molecule has 2 nitrogen and oxygen atoms in total. The van der Waals surface area contributed by atoms with Gasteiger partial charge in [-0.15, -0.1) is 12.4 Å². The van der Waals surface area contributed by atoms with Gasteiger partial charge < -0.3 is 9.47 Å². The number of likely N-dealkylation sites (N-methyl/N-ethyl adjacent to an activating group) is 1. The van der Waals surface area contributed by atoms with Crippen LogP contribution in [0.3, 0.4) is 0 Å². The third kappa shape index (κ3) is 2.62. The van der Waals surface area contributed by atoms with Crippen LogP contribution in [0.15, 0.2) is 42.5 Å². The Bertz CT molecular complexity index is 856. The van der Waals surface area contributed by atoms with Gasteiger partial charge in [0.05, 0.1) is 5.52 Å². The van der Waals surface area contributed by atoms with Crippen LogP contribution in [0.25, 0.3) is 16.6 Å². The zero-order chi connectivity index (χ0) is 15.3. The van der Waals surface area contributed by atoms with Crippen molar-refractivity contribution in [1.29, 1.82) is 0 Å². The fraction of sp³-hybridized carbons (Fsp3) is 0.222. The van der Waals surface area contributed by atoms with E-state index in [0.717, 1.165) is 36.1 Å². The zero-order valence-corrected chi connectivity index (χ0v) is 13.5. The molecule has 3 aromatic rings. The van der Waals surface area contributed by atoms with Gasteiger partial charge in [-0.05, 0) is 55.1 Å². The van der Waals surface area contributed by atoms with Crippen molar-refractivity contribution in [3.05, 3.63) is 65.4 Å². The summed E-state index contributed by atoms with van der Waals surface area (Å²) in [5.41, 5.74) is 4.27. The van der Waals surface area contributed by atoms with Crippen LogP contribution in [0.4, 0.5) is 8.78 Å². The van der Waals surface area contributed by atoms with Crippen molar-refractivity contribution >= 4 is 23.3 Å². The predicted molar refractivity (Wildman–Crippen MR) is 90.5 cm³/mol. The summed E-state index contributed by atoms with van der Waals surface area (Å²) in [6.07, 6.45) is 0.902. The predicted octanol–water partition coefficient (Wildman–Crippen LogP) is 4.32. The lowest BCUT2D eigenvalue weighted by Crippen LogP contribution is -2.27. The van der Waals surface area contributed by atoms with Crippen LogP contribution in [0.5, 0.6) is 0 Å². The first-order chi connectivity index (χ1) is 10.6. The largest absolute Gasteiger partial charge is 0.313 e. The van der Waals surface area contributed by atoms with Crippen LogP contribution in [-0.2, 0) is 13.0 Å². The lowest BCUT2D eigenvalue weighted by molar-refractivity contribution is 0.311. The molecule has 0 saturated heterocycles. The van der Waals surface area contributed by atoms with Crippen molar-refractivity contribution in [2.45, 2.75) is 13.0 Å². The van der Waals surface area contributed by atoms with E-state index in [1.807, 2.05) is 6.07 Å². The third-order valence-corrected chi connectivity index (χ3v) is 4.39. The summed E-state index contributed by atoms with van der Waals surface area (Å²) >= 11 is 0. The maximum Gasteiger partial charge on any atom is 0.123 e. The summed E-state index contributed by atoms with van der Waals surface area (Å²) in [5.74, 6) is -0.473. The molecular weight excluding hydrogens is 318 g/mol. The van der Waals surface area contributed by atoms with Crippen molar-refractivity contribution in [2.24, 2.45) is 0 Å². The van der Waals surface area contributed by atoms with Gasteiger partial charge in [0.1, 0.15) is 11.6 Å². The number of aromatic nitrogens is 1. The van der Waals surface area contributed by atoms with Crippen molar-refractivity contribution in [3.63, 3.8) is 0 Å². The Morgan fingerprint density at radius 1 is 0.957 bits per heavy atom. The minimum atomic E-state index is -0.250. The molecule has 0 aliphatic carbocycles. The van der Waals surface area contributed by atoms with Gasteiger partial charge in [-0.1, -0.05) is 0 Å². The molecule has 0 N–H and O–H groups in total. The highest BCUT2D eigenvalue weighted by Crippen LogP contribution is 2.33. The van der Waals surface area contributed by atoms with Gasteiger partial charge in [-0.3, -0.25) is 0 Å².